The minimum absolute atomic E-state index is 0.247. The number of hydrogen-bond donors (Lipinski definition) is 3. The third-order valence-corrected chi connectivity index (χ3v) is 3.24. The number of amides is 1. The molecule has 7 heteroatoms. The first-order valence-corrected chi connectivity index (χ1v) is 7.73. The average Bonchev–Trinajstić information content (AvgIpc) is 2.98. The molecule has 0 saturated carbocycles. The number of halogens is 1. The van der Waals surface area contributed by atoms with Crippen molar-refractivity contribution in [1.29, 1.82) is 0 Å². The highest BCUT2D eigenvalue weighted by Crippen LogP contribution is 2.05. The Labute approximate surface area is 150 Å². The number of carbonyl (C=O) groups excluding carboxylic acids is 2. The second-order valence-corrected chi connectivity index (χ2v) is 5.10. The third-order valence-electron chi connectivity index (χ3n) is 2.91. The molecule has 1 heterocycles. The molecule has 2 aromatic rings. The van der Waals surface area contributed by atoms with Crippen molar-refractivity contribution in [3.05, 3.63) is 63.8 Å². The first-order valence-electron chi connectivity index (χ1n) is 7.35. The average molecular weight is 362 g/mol. The van der Waals surface area contributed by atoms with Crippen LogP contribution in [0.1, 0.15) is 17.4 Å². The second kappa shape index (κ2) is 10.9. The number of rotatable bonds is 5. The first-order chi connectivity index (χ1) is 12.0. The molecule has 132 valence electrons. The number of aromatic nitrogens is 1. The summed E-state index contributed by atoms with van der Waals surface area (Å²) in [5.41, 5.74) is 5.46. The van der Waals surface area contributed by atoms with Gasteiger partial charge in [-0.1, -0.05) is 42.5 Å². The van der Waals surface area contributed by atoms with Crippen molar-refractivity contribution < 1.29 is 14.3 Å². The van der Waals surface area contributed by atoms with Gasteiger partial charge in [-0.3, -0.25) is 15.0 Å². The Morgan fingerprint density at radius 3 is 2.56 bits per heavy atom. The van der Waals surface area contributed by atoms with Crippen LogP contribution in [-0.2, 0) is 4.79 Å². The van der Waals surface area contributed by atoms with Crippen molar-refractivity contribution in [2.75, 3.05) is 7.05 Å². The molecule has 0 radical (unpaired) electrons. The lowest BCUT2D eigenvalue weighted by Crippen LogP contribution is -2.34. The van der Waals surface area contributed by atoms with Crippen LogP contribution in [0.25, 0.3) is 12.7 Å². The van der Waals surface area contributed by atoms with Gasteiger partial charge in [0, 0.05) is 22.6 Å². The van der Waals surface area contributed by atoms with Crippen LogP contribution in [0.5, 0.6) is 5.75 Å². The molecule has 0 fully saturated rings. The minimum atomic E-state index is -0.247. The number of hydrazine groups is 1. The number of hydrogen-bond acceptors (Lipinski definition) is 4. The lowest BCUT2D eigenvalue weighted by molar-refractivity contribution is -0.120. The molecule has 0 atom stereocenters. The topological polar surface area (TPSA) is 83.2 Å². The van der Waals surface area contributed by atoms with Gasteiger partial charge in [-0.2, -0.15) is 0 Å². The number of benzene rings is 1. The minimum Gasteiger partial charge on any atom is -0.429 e. The molecule has 0 aliphatic carbocycles. The van der Waals surface area contributed by atoms with Crippen LogP contribution >= 0.6 is 11.6 Å². The van der Waals surface area contributed by atoms with Gasteiger partial charge in [0.2, 0.25) is 0 Å². The fourth-order valence-electron chi connectivity index (χ4n) is 1.73. The number of allylic oxidation sites excluding steroid dienone is 2. The van der Waals surface area contributed by atoms with Gasteiger partial charge in [0.1, 0.15) is 11.4 Å². The summed E-state index contributed by atoms with van der Waals surface area (Å²) in [6.45, 7) is 6.05. The van der Waals surface area contributed by atoms with Crippen molar-refractivity contribution in [3.63, 3.8) is 0 Å². The summed E-state index contributed by atoms with van der Waals surface area (Å²) in [6, 6.07) is 10.6. The maximum atomic E-state index is 11.5. The molecule has 25 heavy (non-hydrogen) atoms. The normalized spacial score (nSPS) is 11.3. The van der Waals surface area contributed by atoms with E-state index in [1.807, 2.05) is 13.0 Å². The van der Waals surface area contributed by atoms with Crippen LogP contribution in [0, 0.1) is 0 Å². The molecular weight excluding hydrogens is 342 g/mol. The highest BCUT2D eigenvalue weighted by molar-refractivity contribution is 6.33. The summed E-state index contributed by atoms with van der Waals surface area (Å²) in [5, 5.41) is 2.05. The summed E-state index contributed by atoms with van der Waals surface area (Å²) in [4.78, 5) is 24.1. The second-order valence-electron chi connectivity index (χ2n) is 4.67. The van der Waals surface area contributed by atoms with Gasteiger partial charge in [0.25, 0.3) is 12.4 Å². The van der Waals surface area contributed by atoms with Gasteiger partial charge in [-0.05, 0) is 31.2 Å². The number of carbonyl (C=O) groups is 2. The predicted octanol–water partition coefficient (Wildman–Crippen LogP) is 1.43. The van der Waals surface area contributed by atoms with E-state index >= 15 is 0 Å². The van der Waals surface area contributed by atoms with E-state index in [2.05, 4.69) is 27.2 Å². The lowest BCUT2D eigenvalue weighted by atomic mass is 10.3. The van der Waals surface area contributed by atoms with E-state index in [0.717, 1.165) is 5.22 Å². The van der Waals surface area contributed by atoms with Crippen LogP contribution in [0.15, 0.2) is 47.5 Å². The standard InChI is InChI=1S/C11H14ClN3O.C7H6O2/c1-4-9(12)5-8-6-10(14-7(8)2)11(16)15-13-3;8-6-9-7-4-2-1-3-5-7/h4-6,13-14H,2H2,1,3H3,(H,15,16);1-6H/b8-5-,9-4+;. The highest BCUT2D eigenvalue weighted by atomic mass is 35.5. The quantitative estimate of drug-likeness (QED) is 0.556. The number of H-pyrrole nitrogens is 1. The Morgan fingerprint density at radius 1 is 1.32 bits per heavy atom. The summed E-state index contributed by atoms with van der Waals surface area (Å²) >= 11 is 5.87. The highest BCUT2D eigenvalue weighted by Gasteiger charge is 2.05. The van der Waals surface area contributed by atoms with Gasteiger partial charge >= 0.3 is 0 Å². The van der Waals surface area contributed by atoms with E-state index in [9.17, 15) is 9.59 Å². The molecular formula is C18H20ClN3O3. The third kappa shape index (κ3) is 7.07. The Morgan fingerprint density at radius 2 is 2.00 bits per heavy atom. The summed E-state index contributed by atoms with van der Waals surface area (Å²) in [5.74, 6) is 0.330. The molecule has 2 rings (SSSR count). The zero-order valence-corrected chi connectivity index (χ0v) is 14.8. The number of nitrogens with one attached hydrogen (secondary N) is 3. The van der Waals surface area contributed by atoms with Crippen molar-refractivity contribution in [2.45, 2.75) is 6.92 Å². The zero-order chi connectivity index (χ0) is 18.7. The van der Waals surface area contributed by atoms with Crippen LogP contribution in [0.2, 0.25) is 0 Å². The number of para-hydroxylation sites is 1. The predicted molar refractivity (Wildman–Crippen MR) is 99.3 cm³/mol. The molecule has 0 aliphatic rings. The van der Waals surface area contributed by atoms with E-state index in [-0.39, 0.29) is 5.91 Å². The van der Waals surface area contributed by atoms with Crippen LogP contribution in [-0.4, -0.2) is 24.4 Å². The Bertz CT molecular complexity index is 829. The molecule has 1 aromatic carbocycles. The van der Waals surface area contributed by atoms with E-state index in [4.69, 9.17) is 11.6 Å². The summed E-state index contributed by atoms with van der Waals surface area (Å²) < 4.78 is 4.53. The van der Waals surface area contributed by atoms with Crippen LogP contribution < -0.4 is 26.2 Å². The molecule has 3 N–H and O–H groups in total. The Balaban J connectivity index is 0.000000293. The molecule has 0 spiro atoms. The van der Waals surface area contributed by atoms with Crippen LogP contribution in [0.4, 0.5) is 0 Å². The Kier molecular flexibility index (Phi) is 8.78. The van der Waals surface area contributed by atoms with Gasteiger partial charge in [0.05, 0.1) is 0 Å². The van der Waals surface area contributed by atoms with E-state index in [1.165, 1.54) is 0 Å². The smallest absolute Gasteiger partial charge is 0.298 e. The molecule has 0 aliphatic heterocycles. The fourth-order valence-corrected chi connectivity index (χ4v) is 1.85. The maximum absolute atomic E-state index is 11.5. The largest absolute Gasteiger partial charge is 0.429 e. The lowest BCUT2D eigenvalue weighted by Gasteiger charge is -1.98. The van der Waals surface area contributed by atoms with Gasteiger partial charge in [-0.25, -0.2) is 5.43 Å². The van der Waals surface area contributed by atoms with Gasteiger partial charge < -0.3 is 9.72 Å². The summed E-state index contributed by atoms with van der Waals surface area (Å²) in [6.07, 6.45) is 3.51. The zero-order valence-electron chi connectivity index (χ0n) is 14.0. The van der Waals surface area contributed by atoms with Crippen molar-refractivity contribution >= 4 is 36.6 Å². The van der Waals surface area contributed by atoms with E-state index in [0.29, 0.717) is 28.3 Å². The monoisotopic (exact) mass is 361 g/mol. The SMILES string of the molecule is C=c1[nH]c(C(=O)NNC)c/c1=C/C(Cl)=C\C.O=COc1ccccc1. The van der Waals surface area contributed by atoms with Crippen molar-refractivity contribution in [1.82, 2.24) is 15.8 Å². The van der Waals surface area contributed by atoms with Crippen molar-refractivity contribution in [3.8, 4) is 5.75 Å². The molecule has 6 nitrogen and oxygen atoms in total. The number of aromatic amines is 1. The summed E-state index contributed by atoms with van der Waals surface area (Å²) in [7, 11) is 1.62. The van der Waals surface area contributed by atoms with E-state index in [1.54, 1.807) is 49.5 Å². The van der Waals surface area contributed by atoms with Crippen molar-refractivity contribution in [2.24, 2.45) is 0 Å². The number of ether oxygens (including phenoxy) is 1. The van der Waals surface area contributed by atoms with Crippen LogP contribution in [0.3, 0.4) is 0 Å². The van der Waals surface area contributed by atoms with Gasteiger partial charge in [0.15, 0.2) is 0 Å². The molecule has 1 amide bonds. The molecule has 1 aromatic heterocycles. The van der Waals surface area contributed by atoms with Gasteiger partial charge in [-0.15, -0.1) is 0 Å². The molecule has 0 bridgehead atoms. The molecule has 0 saturated heterocycles. The molecule has 0 unspecified atom stereocenters. The first kappa shape index (κ1) is 20.2. The fraction of sp³-hybridized carbons (Fsp3) is 0.111. The Hall–Kier alpha value is -2.83. The van der Waals surface area contributed by atoms with E-state index < -0.39 is 0 Å². The maximum Gasteiger partial charge on any atom is 0.298 e.